The van der Waals surface area contributed by atoms with Gasteiger partial charge in [-0.2, -0.15) is 0 Å². The Balaban J connectivity index is 2.10. The van der Waals surface area contributed by atoms with Crippen LogP contribution in [-0.4, -0.2) is 37.7 Å². The van der Waals surface area contributed by atoms with E-state index in [0.717, 1.165) is 5.56 Å². The van der Waals surface area contributed by atoms with Crippen molar-refractivity contribution in [1.82, 2.24) is 10.6 Å². The minimum Gasteiger partial charge on any atom is -0.493 e. The van der Waals surface area contributed by atoms with Crippen LogP contribution in [0, 0.1) is 0 Å². The fourth-order valence-electron chi connectivity index (χ4n) is 3.25. The number of ether oxygens (including phenoxy) is 3. The number of thiocarbonyl (C=S) groups is 1. The highest BCUT2D eigenvalue weighted by Crippen LogP contribution is 2.40. The van der Waals surface area contributed by atoms with E-state index in [4.69, 9.17) is 33.3 Å². The van der Waals surface area contributed by atoms with Gasteiger partial charge in [0.1, 0.15) is 0 Å². The van der Waals surface area contributed by atoms with Crippen LogP contribution in [0.25, 0.3) is 5.70 Å². The smallest absolute Gasteiger partial charge is 0.343 e. The number of hydrogen-bond acceptors (Lipinski definition) is 6. The molecule has 1 unspecified atom stereocenters. The predicted molar refractivity (Wildman–Crippen MR) is 121 cm³/mol. The molecule has 0 amide bonds. The number of rotatable bonds is 7. The first-order valence-corrected chi connectivity index (χ1v) is 10.1. The van der Waals surface area contributed by atoms with Gasteiger partial charge >= 0.3 is 5.97 Å². The van der Waals surface area contributed by atoms with Gasteiger partial charge in [-0.1, -0.05) is 41.9 Å². The minimum atomic E-state index is -0.613. The van der Waals surface area contributed by atoms with Crippen LogP contribution in [-0.2, 0) is 14.3 Å². The highest BCUT2D eigenvalue weighted by atomic mass is 35.5. The van der Waals surface area contributed by atoms with Gasteiger partial charge in [-0.05, 0) is 30.8 Å². The second kappa shape index (κ2) is 9.80. The first-order chi connectivity index (χ1) is 14.8. The van der Waals surface area contributed by atoms with Gasteiger partial charge in [-0.3, -0.25) is 4.79 Å². The zero-order valence-corrected chi connectivity index (χ0v) is 18.7. The van der Waals surface area contributed by atoms with Crippen LogP contribution in [0.2, 0.25) is 5.02 Å². The van der Waals surface area contributed by atoms with Crippen LogP contribution < -0.4 is 20.1 Å². The molecule has 0 fully saturated rings. The lowest BCUT2D eigenvalue weighted by atomic mass is 9.90. The molecule has 2 aromatic carbocycles. The summed E-state index contributed by atoms with van der Waals surface area (Å²) in [6, 6.07) is 12.0. The van der Waals surface area contributed by atoms with E-state index in [2.05, 4.69) is 15.4 Å². The maximum Gasteiger partial charge on any atom is 0.343 e. The molecule has 2 N–H and O–H groups in total. The van der Waals surface area contributed by atoms with Crippen molar-refractivity contribution in [3.05, 3.63) is 64.2 Å². The second-order valence-electron chi connectivity index (χ2n) is 6.63. The van der Waals surface area contributed by atoms with Crippen LogP contribution >= 0.6 is 23.8 Å². The van der Waals surface area contributed by atoms with Crippen LogP contribution in [0.15, 0.2) is 48.0 Å². The first-order valence-electron chi connectivity index (χ1n) is 9.30. The number of halogens is 1. The van der Waals surface area contributed by atoms with Crippen LogP contribution in [0.1, 0.15) is 24.1 Å². The Kier molecular flexibility index (Phi) is 7.14. The van der Waals surface area contributed by atoms with E-state index in [1.807, 2.05) is 30.3 Å². The van der Waals surface area contributed by atoms with Crippen molar-refractivity contribution in [3.63, 3.8) is 0 Å². The zero-order chi connectivity index (χ0) is 22.5. The molecule has 0 spiro atoms. The third kappa shape index (κ3) is 4.98. The molecule has 1 aliphatic heterocycles. The molecule has 1 atom stereocenters. The number of benzene rings is 2. The fourth-order valence-corrected chi connectivity index (χ4v) is 3.73. The molecule has 1 aliphatic rings. The van der Waals surface area contributed by atoms with Crippen molar-refractivity contribution in [2.24, 2.45) is 0 Å². The average molecular weight is 461 g/mol. The van der Waals surface area contributed by atoms with Gasteiger partial charge in [0.05, 0.1) is 31.0 Å². The Hall–Kier alpha value is -3.10. The summed E-state index contributed by atoms with van der Waals surface area (Å²) in [5.74, 6) is -0.0668. The van der Waals surface area contributed by atoms with Gasteiger partial charge in [0, 0.05) is 17.2 Å². The van der Waals surface area contributed by atoms with Gasteiger partial charge < -0.3 is 24.8 Å². The van der Waals surface area contributed by atoms with E-state index in [-0.39, 0.29) is 18.1 Å². The number of nitrogens with one attached hydrogen (secondary N) is 2. The quantitative estimate of drug-likeness (QED) is 0.480. The number of esters is 1. The van der Waals surface area contributed by atoms with Gasteiger partial charge in [-0.15, -0.1) is 0 Å². The Morgan fingerprint density at radius 2 is 1.84 bits per heavy atom. The normalized spacial score (nSPS) is 15.6. The minimum absolute atomic E-state index is 0.146. The predicted octanol–water partition coefficient (Wildman–Crippen LogP) is 3.42. The van der Waals surface area contributed by atoms with Gasteiger partial charge in [0.15, 0.2) is 29.0 Å². The zero-order valence-electron chi connectivity index (χ0n) is 17.2. The van der Waals surface area contributed by atoms with Gasteiger partial charge in [0.2, 0.25) is 0 Å². The molecule has 9 heteroatoms. The molecule has 0 saturated carbocycles. The summed E-state index contributed by atoms with van der Waals surface area (Å²) < 4.78 is 15.5. The van der Waals surface area contributed by atoms with Crippen LogP contribution in [0.3, 0.4) is 0 Å². The number of hydrogen-bond donors (Lipinski definition) is 2. The molecule has 0 aromatic heterocycles. The van der Waals surface area contributed by atoms with Gasteiger partial charge in [-0.25, -0.2) is 4.79 Å². The van der Waals surface area contributed by atoms with E-state index in [9.17, 15) is 9.59 Å². The largest absolute Gasteiger partial charge is 0.493 e. The Morgan fingerprint density at radius 3 is 2.45 bits per heavy atom. The molecule has 0 radical (unpaired) electrons. The van der Waals surface area contributed by atoms with Crippen molar-refractivity contribution in [2.45, 2.75) is 13.0 Å². The lowest BCUT2D eigenvalue weighted by Gasteiger charge is -2.32. The summed E-state index contributed by atoms with van der Waals surface area (Å²) in [6.07, 6.45) is 0. The summed E-state index contributed by atoms with van der Waals surface area (Å²) in [5.41, 5.74) is 2.49. The molecule has 1 heterocycles. The molecule has 2 aromatic rings. The maximum absolute atomic E-state index is 12.7. The third-order valence-corrected chi connectivity index (χ3v) is 5.23. The summed E-state index contributed by atoms with van der Waals surface area (Å²) >= 11 is 12.0. The lowest BCUT2D eigenvalue weighted by molar-refractivity contribution is -0.142. The maximum atomic E-state index is 12.7. The summed E-state index contributed by atoms with van der Waals surface area (Å²) in [7, 11) is 2.74. The molecular formula is C22H21ClN2O5S. The summed E-state index contributed by atoms with van der Waals surface area (Å²) in [6.45, 7) is 1.19. The van der Waals surface area contributed by atoms with E-state index in [1.54, 1.807) is 6.07 Å². The van der Waals surface area contributed by atoms with E-state index < -0.39 is 12.0 Å². The van der Waals surface area contributed by atoms with Gasteiger partial charge in [0.25, 0.3) is 0 Å². The van der Waals surface area contributed by atoms with Crippen LogP contribution in [0.4, 0.5) is 0 Å². The topological polar surface area (TPSA) is 85.9 Å². The van der Waals surface area contributed by atoms with E-state index in [1.165, 1.54) is 27.2 Å². The Labute approximate surface area is 190 Å². The average Bonchev–Trinajstić information content (AvgIpc) is 2.77. The SMILES string of the molecule is COC(=O)COc1cc(Cl)c(C2NC(=S)NC(c3ccccc3)=C2C(C)=O)cc1OC. The molecule has 3 rings (SSSR count). The molecule has 31 heavy (non-hydrogen) atoms. The monoisotopic (exact) mass is 460 g/mol. The summed E-state index contributed by atoms with van der Waals surface area (Å²) in [4.78, 5) is 24.1. The molecule has 0 aliphatic carbocycles. The lowest BCUT2D eigenvalue weighted by Crippen LogP contribution is -2.44. The summed E-state index contributed by atoms with van der Waals surface area (Å²) in [5, 5.41) is 6.88. The number of methoxy groups -OCH3 is 2. The Morgan fingerprint density at radius 1 is 1.13 bits per heavy atom. The third-order valence-electron chi connectivity index (χ3n) is 4.68. The standard InChI is InChI=1S/C22H21ClN2O5S/c1-12(26)19-20(13-7-5-4-6-8-13)24-22(31)25-21(19)14-9-16(28-2)17(10-15(14)23)30-11-18(27)29-3/h4-10,21H,11H2,1-3H3,(H2,24,25,31). The number of carbonyl (C=O) groups excluding carboxylic acids is 2. The molecular weight excluding hydrogens is 440 g/mol. The van der Waals surface area contributed by atoms with Crippen molar-refractivity contribution < 1.29 is 23.8 Å². The molecule has 162 valence electrons. The van der Waals surface area contributed by atoms with E-state index >= 15 is 0 Å². The number of ketones is 1. The molecule has 7 nitrogen and oxygen atoms in total. The number of carbonyl (C=O) groups is 2. The van der Waals surface area contributed by atoms with Crippen LogP contribution in [0.5, 0.6) is 11.5 Å². The van der Waals surface area contributed by atoms with Crippen molar-refractivity contribution in [3.8, 4) is 11.5 Å². The second-order valence-corrected chi connectivity index (χ2v) is 7.45. The highest BCUT2D eigenvalue weighted by molar-refractivity contribution is 7.80. The van der Waals surface area contributed by atoms with Crippen molar-refractivity contribution in [1.29, 1.82) is 0 Å². The first kappa shape index (κ1) is 22.6. The Bertz CT molecular complexity index is 1060. The van der Waals surface area contributed by atoms with Crippen molar-refractivity contribution in [2.75, 3.05) is 20.8 Å². The van der Waals surface area contributed by atoms with E-state index in [0.29, 0.717) is 32.7 Å². The molecule has 0 saturated heterocycles. The van der Waals surface area contributed by atoms with Crippen molar-refractivity contribution >= 4 is 46.4 Å². The fraction of sp³-hybridized carbons (Fsp3) is 0.227. The molecule has 0 bridgehead atoms. The number of Topliss-reactive ketones (excluding diaryl/α,β-unsaturated/α-hetero) is 1. The highest BCUT2D eigenvalue weighted by Gasteiger charge is 2.32.